The molecule has 1 aliphatic heterocycles. The zero-order valence-corrected chi connectivity index (χ0v) is 13.6. The van der Waals surface area contributed by atoms with Crippen LogP contribution in [0.4, 0.5) is 8.78 Å². The van der Waals surface area contributed by atoms with E-state index in [0.717, 1.165) is 12.1 Å². The van der Waals surface area contributed by atoms with E-state index in [1.54, 1.807) is 24.5 Å². The molecule has 1 aromatic heterocycles. The summed E-state index contributed by atoms with van der Waals surface area (Å²) in [5.41, 5.74) is 5.76. The highest BCUT2D eigenvalue weighted by molar-refractivity contribution is 5.77. The zero-order chi connectivity index (χ0) is 17.8. The lowest BCUT2D eigenvalue weighted by molar-refractivity contribution is -0.122. The molecule has 132 valence electrons. The van der Waals surface area contributed by atoms with Crippen molar-refractivity contribution in [2.24, 2.45) is 17.6 Å². The first kappa shape index (κ1) is 17.3. The quantitative estimate of drug-likeness (QED) is 0.867. The largest absolute Gasteiger partial charge is 0.493 e. The number of primary amides is 1. The molecule has 1 amide bonds. The maximum atomic E-state index is 13.8. The maximum Gasteiger partial charge on any atom is 0.222 e. The number of nitrogens with zero attached hydrogens (tertiary/aromatic N) is 2. The van der Waals surface area contributed by atoms with Crippen LogP contribution >= 0.6 is 0 Å². The molecule has 0 unspecified atom stereocenters. The van der Waals surface area contributed by atoms with Crippen molar-refractivity contribution < 1.29 is 18.3 Å². The fourth-order valence-corrected chi connectivity index (χ4v) is 3.12. The highest BCUT2D eigenvalue weighted by atomic mass is 19.1. The predicted octanol–water partition coefficient (Wildman–Crippen LogP) is 1.97. The standard InChI is InChI=1S/C18H19F2N3O2/c19-14-1-2-17(20)12(7-14)8-23-9-13(16(10-23)18(21)24)11-25-15-3-5-22-6-4-15/h1-7,13,16H,8-11H2,(H2,21,24)/t13-,16+/m0/s1. The van der Waals surface area contributed by atoms with Gasteiger partial charge in [-0.05, 0) is 30.3 Å². The van der Waals surface area contributed by atoms with Crippen molar-refractivity contribution in [3.63, 3.8) is 0 Å². The Morgan fingerprint density at radius 3 is 2.72 bits per heavy atom. The molecule has 2 N–H and O–H groups in total. The van der Waals surface area contributed by atoms with Crippen LogP contribution in [0.3, 0.4) is 0 Å². The Bertz CT molecular complexity index is 742. The summed E-state index contributed by atoms with van der Waals surface area (Å²) in [6, 6.07) is 6.83. The number of carbonyl (C=O) groups excluding carboxylic acids is 1. The van der Waals surface area contributed by atoms with E-state index in [2.05, 4.69) is 4.98 Å². The van der Waals surface area contributed by atoms with Crippen LogP contribution < -0.4 is 10.5 Å². The molecule has 0 saturated carbocycles. The second-order valence-corrected chi connectivity index (χ2v) is 6.19. The van der Waals surface area contributed by atoms with Crippen LogP contribution in [0, 0.1) is 23.5 Å². The Labute approximate surface area is 144 Å². The number of likely N-dealkylation sites (tertiary alicyclic amines) is 1. The van der Waals surface area contributed by atoms with Crippen molar-refractivity contribution >= 4 is 5.91 Å². The molecule has 0 spiro atoms. The summed E-state index contributed by atoms with van der Waals surface area (Å²) in [5, 5.41) is 0. The molecule has 0 bridgehead atoms. The number of aromatic nitrogens is 1. The van der Waals surface area contributed by atoms with Gasteiger partial charge in [-0.3, -0.25) is 14.7 Å². The topological polar surface area (TPSA) is 68.5 Å². The number of ether oxygens (including phenoxy) is 1. The van der Waals surface area contributed by atoms with E-state index in [-0.39, 0.29) is 18.0 Å². The molecule has 0 radical (unpaired) electrons. The number of rotatable bonds is 6. The second-order valence-electron chi connectivity index (χ2n) is 6.19. The van der Waals surface area contributed by atoms with E-state index in [4.69, 9.17) is 10.5 Å². The van der Waals surface area contributed by atoms with Crippen molar-refractivity contribution in [2.45, 2.75) is 6.54 Å². The number of benzene rings is 1. The second kappa shape index (κ2) is 7.57. The molecule has 1 saturated heterocycles. The van der Waals surface area contributed by atoms with Gasteiger partial charge in [0, 0.05) is 43.5 Å². The summed E-state index contributed by atoms with van der Waals surface area (Å²) in [4.78, 5) is 17.5. The number of hydrogen-bond acceptors (Lipinski definition) is 4. The Balaban J connectivity index is 1.65. The summed E-state index contributed by atoms with van der Waals surface area (Å²) in [7, 11) is 0. The minimum atomic E-state index is -0.486. The minimum absolute atomic E-state index is 0.109. The highest BCUT2D eigenvalue weighted by Crippen LogP contribution is 2.26. The van der Waals surface area contributed by atoms with Crippen molar-refractivity contribution in [3.05, 3.63) is 59.9 Å². The van der Waals surface area contributed by atoms with Gasteiger partial charge in [0.15, 0.2) is 0 Å². The van der Waals surface area contributed by atoms with E-state index in [1.165, 1.54) is 6.07 Å². The number of carbonyl (C=O) groups is 1. The fourth-order valence-electron chi connectivity index (χ4n) is 3.12. The summed E-state index contributed by atoms with van der Waals surface area (Å²) in [6.07, 6.45) is 3.24. The molecule has 2 atom stereocenters. The number of amides is 1. The average Bonchev–Trinajstić information content (AvgIpc) is 3.00. The van der Waals surface area contributed by atoms with E-state index >= 15 is 0 Å². The summed E-state index contributed by atoms with van der Waals surface area (Å²) < 4.78 is 32.9. The predicted molar refractivity (Wildman–Crippen MR) is 87.5 cm³/mol. The Kier molecular flexibility index (Phi) is 5.23. The van der Waals surface area contributed by atoms with Crippen molar-refractivity contribution in [3.8, 4) is 5.75 Å². The van der Waals surface area contributed by atoms with Gasteiger partial charge in [0.05, 0.1) is 12.5 Å². The van der Waals surface area contributed by atoms with Gasteiger partial charge in [0.25, 0.3) is 0 Å². The third kappa shape index (κ3) is 4.30. The van der Waals surface area contributed by atoms with Crippen LogP contribution in [0.15, 0.2) is 42.7 Å². The van der Waals surface area contributed by atoms with Crippen molar-refractivity contribution in [2.75, 3.05) is 19.7 Å². The normalized spacial score (nSPS) is 20.6. The van der Waals surface area contributed by atoms with Crippen LogP contribution in [0.1, 0.15) is 5.56 Å². The first-order valence-electron chi connectivity index (χ1n) is 8.01. The molecule has 3 rings (SSSR count). The van der Waals surface area contributed by atoms with Gasteiger partial charge in [-0.25, -0.2) is 8.78 Å². The zero-order valence-electron chi connectivity index (χ0n) is 13.6. The molecular weight excluding hydrogens is 328 g/mol. The number of halogens is 2. The van der Waals surface area contributed by atoms with E-state index in [1.807, 2.05) is 4.90 Å². The van der Waals surface area contributed by atoms with Crippen LogP contribution in [0.25, 0.3) is 0 Å². The van der Waals surface area contributed by atoms with Gasteiger partial charge in [-0.2, -0.15) is 0 Å². The Hall–Kier alpha value is -2.54. The van der Waals surface area contributed by atoms with Gasteiger partial charge >= 0.3 is 0 Å². The number of pyridine rings is 1. The molecule has 0 aliphatic carbocycles. The molecule has 1 aromatic carbocycles. The number of nitrogens with two attached hydrogens (primary N) is 1. The van der Waals surface area contributed by atoms with Crippen molar-refractivity contribution in [1.29, 1.82) is 0 Å². The van der Waals surface area contributed by atoms with Gasteiger partial charge in [-0.15, -0.1) is 0 Å². The molecule has 2 heterocycles. The molecule has 5 nitrogen and oxygen atoms in total. The molecule has 25 heavy (non-hydrogen) atoms. The third-order valence-electron chi connectivity index (χ3n) is 4.40. The molecule has 1 aliphatic rings. The van der Waals surface area contributed by atoms with Crippen LogP contribution in [-0.4, -0.2) is 35.5 Å². The molecule has 7 heteroatoms. The molecule has 2 aromatic rings. The first-order valence-corrected chi connectivity index (χ1v) is 8.01. The number of hydrogen-bond donors (Lipinski definition) is 1. The molecular formula is C18H19F2N3O2. The SMILES string of the molecule is NC(=O)[C@@H]1CN(Cc2cc(F)ccc2F)C[C@H]1COc1ccncc1. The van der Waals surface area contributed by atoms with Gasteiger partial charge in [-0.1, -0.05) is 0 Å². The van der Waals surface area contributed by atoms with Gasteiger partial charge in [0.1, 0.15) is 17.4 Å². The average molecular weight is 347 g/mol. The monoisotopic (exact) mass is 347 g/mol. The Morgan fingerprint density at radius 1 is 1.24 bits per heavy atom. The van der Waals surface area contributed by atoms with Gasteiger partial charge in [0.2, 0.25) is 5.91 Å². The summed E-state index contributed by atoms with van der Waals surface area (Å²) >= 11 is 0. The lowest BCUT2D eigenvalue weighted by Gasteiger charge is -2.17. The lowest BCUT2D eigenvalue weighted by atomic mass is 9.96. The van der Waals surface area contributed by atoms with E-state index in [0.29, 0.717) is 25.4 Å². The van der Waals surface area contributed by atoms with E-state index in [9.17, 15) is 13.6 Å². The van der Waals surface area contributed by atoms with Gasteiger partial charge < -0.3 is 10.5 Å². The fraction of sp³-hybridized carbons (Fsp3) is 0.333. The summed E-state index contributed by atoms with van der Waals surface area (Å²) in [5.74, 6) is -1.20. The Morgan fingerprint density at radius 2 is 2.00 bits per heavy atom. The maximum absolute atomic E-state index is 13.8. The van der Waals surface area contributed by atoms with Crippen LogP contribution in [0.5, 0.6) is 5.75 Å². The minimum Gasteiger partial charge on any atom is -0.493 e. The third-order valence-corrected chi connectivity index (χ3v) is 4.40. The first-order chi connectivity index (χ1) is 12.0. The lowest BCUT2D eigenvalue weighted by Crippen LogP contribution is -2.32. The summed E-state index contributed by atoms with van der Waals surface area (Å²) in [6.45, 7) is 1.46. The van der Waals surface area contributed by atoms with Crippen LogP contribution in [-0.2, 0) is 11.3 Å². The smallest absolute Gasteiger partial charge is 0.222 e. The van der Waals surface area contributed by atoms with Crippen LogP contribution in [0.2, 0.25) is 0 Å². The van der Waals surface area contributed by atoms with Crippen molar-refractivity contribution in [1.82, 2.24) is 9.88 Å². The highest BCUT2D eigenvalue weighted by Gasteiger charge is 2.37. The van der Waals surface area contributed by atoms with E-state index < -0.39 is 23.5 Å². The molecule has 1 fully saturated rings.